The number of nitrogens with zero attached hydrogens (tertiary/aromatic N) is 3. The molecule has 0 aromatic carbocycles. The average Bonchev–Trinajstić information content (AvgIpc) is 2.53. The summed E-state index contributed by atoms with van der Waals surface area (Å²) in [7, 11) is 0. The van der Waals surface area contributed by atoms with Gasteiger partial charge in [-0.2, -0.15) is 4.98 Å². The molecule has 0 bridgehead atoms. The van der Waals surface area contributed by atoms with Crippen molar-refractivity contribution in [1.82, 2.24) is 9.97 Å². The largest absolute Gasteiger partial charge is 0.395 e. The maximum atomic E-state index is 9.39. The van der Waals surface area contributed by atoms with Crippen LogP contribution in [0.15, 0.2) is 6.20 Å². The average molecular weight is 313 g/mol. The van der Waals surface area contributed by atoms with Crippen LogP contribution in [0.4, 0.5) is 11.8 Å². The van der Waals surface area contributed by atoms with E-state index in [-0.39, 0.29) is 6.61 Å². The molecule has 0 saturated heterocycles. The highest BCUT2D eigenvalue weighted by atomic mass is 35.5. The lowest BCUT2D eigenvalue weighted by atomic mass is 9.94. The standard InChI is InChI=1S/C15H25ClN4O/c1-2-8-17-15-18-11-13(16)14(19-15)20(9-10-21)12-6-4-3-5-7-12/h11-12,21H,2-10H2,1H3,(H,17,18,19). The van der Waals surface area contributed by atoms with Gasteiger partial charge in [0.15, 0.2) is 5.82 Å². The van der Waals surface area contributed by atoms with Crippen LogP contribution in [0.25, 0.3) is 0 Å². The summed E-state index contributed by atoms with van der Waals surface area (Å²) in [6.45, 7) is 3.61. The zero-order valence-corrected chi connectivity index (χ0v) is 13.4. The van der Waals surface area contributed by atoms with E-state index in [1.54, 1.807) is 6.20 Å². The zero-order chi connectivity index (χ0) is 15.1. The van der Waals surface area contributed by atoms with E-state index in [1.807, 2.05) is 0 Å². The summed E-state index contributed by atoms with van der Waals surface area (Å²) in [4.78, 5) is 10.9. The maximum Gasteiger partial charge on any atom is 0.224 e. The van der Waals surface area contributed by atoms with E-state index in [0.717, 1.165) is 31.6 Å². The van der Waals surface area contributed by atoms with Gasteiger partial charge in [-0.05, 0) is 19.3 Å². The van der Waals surface area contributed by atoms with Crippen molar-refractivity contribution < 1.29 is 5.11 Å². The molecule has 0 aliphatic heterocycles. The van der Waals surface area contributed by atoms with E-state index in [9.17, 15) is 5.11 Å². The molecule has 1 aliphatic rings. The van der Waals surface area contributed by atoms with Crippen LogP contribution in [-0.4, -0.2) is 40.8 Å². The smallest absolute Gasteiger partial charge is 0.224 e. The predicted octanol–water partition coefficient (Wildman–Crippen LogP) is 3.08. The van der Waals surface area contributed by atoms with E-state index in [1.165, 1.54) is 19.3 Å². The van der Waals surface area contributed by atoms with E-state index >= 15 is 0 Å². The second-order valence-electron chi connectivity index (χ2n) is 5.50. The molecule has 2 rings (SSSR count). The molecule has 0 radical (unpaired) electrons. The van der Waals surface area contributed by atoms with Gasteiger partial charge in [0.2, 0.25) is 5.95 Å². The Bertz CT molecular complexity index is 438. The molecule has 1 aromatic rings. The van der Waals surface area contributed by atoms with E-state index < -0.39 is 0 Å². The van der Waals surface area contributed by atoms with Crippen LogP contribution < -0.4 is 10.2 Å². The molecule has 5 nitrogen and oxygen atoms in total. The van der Waals surface area contributed by atoms with E-state index in [2.05, 4.69) is 27.1 Å². The third kappa shape index (κ3) is 4.45. The van der Waals surface area contributed by atoms with Crippen molar-refractivity contribution in [3.8, 4) is 0 Å². The van der Waals surface area contributed by atoms with Crippen molar-refractivity contribution in [2.24, 2.45) is 0 Å². The molecule has 0 spiro atoms. The number of aliphatic hydroxyl groups excluding tert-OH is 1. The fraction of sp³-hybridized carbons (Fsp3) is 0.733. The van der Waals surface area contributed by atoms with Crippen LogP contribution in [0.1, 0.15) is 45.4 Å². The molecule has 1 saturated carbocycles. The summed E-state index contributed by atoms with van der Waals surface area (Å²) >= 11 is 6.30. The first kappa shape index (κ1) is 16.3. The van der Waals surface area contributed by atoms with Gasteiger partial charge in [0.05, 0.1) is 12.8 Å². The lowest BCUT2D eigenvalue weighted by Gasteiger charge is -2.35. The fourth-order valence-electron chi connectivity index (χ4n) is 2.84. The molecule has 6 heteroatoms. The molecule has 21 heavy (non-hydrogen) atoms. The van der Waals surface area contributed by atoms with Gasteiger partial charge < -0.3 is 15.3 Å². The Morgan fingerprint density at radius 2 is 2.14 bits per heavy atom. The second kappa shape index (κ2) is 8.39. The summed E-state index contributed by atoms with van der Waals surface area (Å²) in [5.41, 5.74) is 0. The summed E-state index contributed by atoms with van der Waals surface area (Å²) in [6, 6.07) is 0.414. The quantitative estimate of drug-likeness (QED) is 0.810. The van der Waals surface area contributed by atoms with Crippen molar-refractivity contribution in [2.45, 2.75) is 51.5 Å². The van der Waals surface area contributed by atoms with Crippen LogP contribution in [-0.2, 0) is 0 Å². The van der Waals surface area contributed by atoms with Crippen LogP contribution in [0.5, 0.6) is 0 Å². The van der Waals surface area contributed by atoms with Gasteiger partial charge in [-0.3, -0.25) is 0 Å². The summed E-state index contributed by atoms with van der Waals surface area (Å²) in [5, 5.41) is 13.1. The van der Waals surface area contributed by atoms with Gasteiger partial charge >= 0.3 is 0 Å². The van der Waals surface area contributed by atoms with Gasteiger partial charge in [0, 0.05) is 19.1 Å². The van der Waals surface area contributed by atoms with Crippen molar-refractivity contribution in [2.75, 3.05) is 29.9 Å². The Morgan fingerprint density at radius 3 is 2.81 bits per heavy atom. The monoisotopic (exact) mass is 312 g/mol. The minimum atomic E-state index is 0.106. The third-order valence-electron chi connectivity index (χ3n) is 3.89. The highest BCUT2D eigenvalue weighted by Gasteiger charge is 2.24. The minimum Gasteiger partial charge on any atom is -0.395 e. The van der Waals surface area contributed by atoms with Crippen molar-refractivity contribution >= 4 is 23.4 Å². The van der Waals surface area contributed by atoms with Gasteiger partial charge in [0.1, 0.15) is 5.02 Å². The summed E-state index contributed by atoms with van der Waals surface area (Å²) in [6.07, 6.45) is 8.70. The molecule has 0 amide bonds. The Hall–Kier alpha value is -1.07. The van der Waals surface area contributed by atoms with Gasteiger partial charge in [0.25, 0.3) is 0 Å². The SMILES string of the molecule is CCCNc1ncc(Cl)c(N(CCO)C2CCCCC2)n1. The van der Waals surface area contributed by atoms with E-state index in [4.69, 9.17) is 11.6 Å². The predicted molar refractivity (Wildman–Crippen MR) is 87.1 cm³/mol. The Kier molecular flexibility index (Phi) is 6.51. The first-order valence-corrected chi connectivity index (χ1v) is 8.28. The number of aliphatic hydroxyl groups is 1. The first-order valence-electron chi connectivity index (χ1n) is 7.90. The van der Waals surface area contributed by atoms with E-state index in [0.29, 0.717) is 23.6 Å². The summed E-state index contributed by atoms with van der Waals surface area (Å²) < 4.78 is 0. The third-order valence-corrected chi connectivity index (χ3v) is 4.15. The number of aromatic nitrogens is 2. The highest BCUT2D eigenvalue weighted by Crippen LogP contribution is 2.30. The molecule has 0 unspecified atom stereocenters. The molecule has 1 fully saturated rings. The number of nitrogens with one attached hydrogen (secondary N) is 1. The minimum absolute atomic E-state index is 0.106. The Labute approximate surface area is 131 Å². The lowest BCUT2D eigenvalue weighted by Crippen LogP contribution is -2.39. The molecule has 1 aliphatic carbocycles. The Morgan fingerprint density at radius 1 is 1.38 bits per heavy atom. The summed E-state index contributed by atoms with van der Waals surface area (Å²) in [5.74, 6) is 1.35. The zero-order valence-electron chi connectivity index (χ0n) is 12.7. The molecular weight excluding hydrogens is 288 g/mol. The second-order valence-corrected chi connectivity index (χ2v) is 5.91. The van der Waals surface area contributed by atoms with Gasteiger partial charge in [-0.25, -0.2) is 4.98 Å². The molecule has 1 aromatic heterocycles. The normalized spacial score (nSPS) is 16.0. The number of anilines is 2. The van der Waals surface area contributed by atoms with Gasteiger partial charge in [-0.1, -0.05) is 37.8 Å². The molecule has 118 valence electrons. The fourth-order valence-corrected chi connectivity index (χ4v) is 3.04. The number of hydrogen-bond donors (Lipinski definition) is 2. The molecule has 2 N–H and O–H groups in total. The van der Waals surface area contributed by atoms with Crippen molar-refractivity contribution in [3.05, 3.63) is 11.2 Å². The lowest BCUT2D eigenvalue weighted by molar-refractivity contribution is 0.289. The van der Waals surface area contributed by atoms with Crippen LogP contribution in [0.3, 0.4) is 0 Å². The Balaban J connectivity index is 2.20. The van der Waals surface area contributed by atoms with Crippen LogP contribution >= 0.6 is 11.6 Å². The maximum absolute atomic E-state index is 9.39. The number of hydrogen-bond acceptors (Lipinski definition) is 5. The number of rotatable bonds is 7. The highest BCUT2D eigenvalue weighted by molar-refractivity contribution is 6.32. The van der Waals surface area contributed by atoms with Crippen molar-refractivity contribution in [1.29, 1.82) is 0 Å². The molecule has 1 heterocycles. The van der Waals surface area contributed by atoms with Crippen LogP contribution in [0, 0.1) is 0 Å². The topological polar surface area (TPSA) is 61.3 Å². The molecular formula is C15H25ClN4O. The van der Waals surface area contributed by atoms with Gasteiger partial charge in [-0.15, -0.1) is 0 Å². The number of halogens is 1. The van der Waals surface area contributed by atoms with Crippen LogP contribution in [0.2, 0.25) is 5.02 Å². The molecule has 0 atom stereocenters. The van der Waals surface area contributed by atoms with Crippen molar-refractivity contribution in [3.63, 3.8) is 0 Å². The first-order chi connectivity index (χ1) is 10.3.